The molecule has 2 heterocycles. The van der Waals surface area contributed by atoms with Crippen LogP contribution in [0.1, 0.15) is 12.0 Å². The first-order valence-electron chi connectivity index (χ1n) is 5.50. The Bertz CT molecular complexity index is 401. The van der Waals surface area contributed by atoms with Crippen LogP contribution in [0.15, 0.2) is 28.4 Å². The van der Waals surface area contributed by atoms with Gasteiger partial charge in [0, 0.05) is 23.8 Å². The van der Waals surface area contributed by atoms with E-state index in [1.165, 1.54) is 11.1 Å². The monoisotopic (exact) mass is 281 g/mol. The Morgan fingerprint density at radius 1 is 1.56 bits per heavy atom. The zero-order valence-electron chi connectivity index (χ0n) is 9.39. The number of hydrogen-bond donors (Lipinski definition) is 2. The summed E-state index contributed by atoms with van der Waals surface area (Å²) < 4.78 is 1.05. The standard InChI is InChI=1S/C12H16BrN3/c1-9-6-12(16-8-11(9)13)15-7-10-2-4-14-5-3-10/h2,6,8,14H,3-5,7H2,1H3,(H,15,16). The number of nitrogens with one attached hydrogen (secondary N) is 2. The molecular formula is C12H16BrN3. The SMILES string of the molecule is Cc1cc(NCC2=CCNCC2)ncc1Br. The fourth-order valence-electron chi connectivity index (χ4n) is 1.67. The van der Waals surface area contributed by atoms with Crippen molar-refractivity contribution in [3.63, 3.8) is 0 Å². The molecule has 0 radical (unpaired) electrons. The number of hydrogen-bond acceptors (Lipinski definition) is 3. The van der Waals surface area contributed by atoms with Crippen LogP contribution < -0.4 is 10.6 Å². The second-order valence-electron chi connectivity index (χ2n) is 3.99. The minimum absolute atomic E-state index is 0.899. The lowest BCUT2D eigenvalue weighted by molar-refractivity contribution is 0.697. The number of nitrogens with zero attached hydrogens (tertiary/aromatic N) is 1. The lowest BCUT2D eigenvalue weighted by Crippen LogP contribution is -2.23. The Labute approximate surface area is 104 Å². The molecule has 0 aromatic carbocycles. The van der Waals surface area contributed by atoms with Crippen molar-refractivity contribution in [2.24, 2.45) is 0 Å². The number of rotatable bonds is 3. The van der Waals surface area contributed by atoms with E-state index in [1.54, 1.807) is 0 Å². The average molecular weight is 282 g/mol. The number of pyridine rings is 1. The van der Waals surface area contributed by atoms with E-state index < -0.39 is 0 Å². The summed E-state index contributed by atoms with van der Waals surface area (Å²) in [5.41, 5.74) is 2.66. The van der Waals surface area contributed by atoms with E-state index in [4.69, 9.17) is 0 Å². The lowest BCUT2D eigenvalue weighted by atomic mass is 10.1. The molecule has 0 atom stereocenters. The van der Waals surface area contributed by atoms with Crippen LogP contribution in [0.3, 0.4) is 0 Å². The summed E-state index contributed by atoms with van der Waals surface area (Å²) in [4.78, 5) is 4.32. The zero-order chi connectivity index (χ0) is 11.4. The number of halogens is 1. The quantitative estimate of drug-likeness (QED) is 0.836. The molecule has 0 fully saturated rings. The largest absolute Gasteiger partial charge is 0.366 e. The van der Waals surface area contributed by atoms with Gasteiger partial charge in [-0.3, -0.25) is 0 Å². The van der Waals surface area contributed by atoms with Crippen molar-refractivity contribution >= 4 is 21.7 Å². The van der Waals surface area contributed by atoms with Gasteiger partial charge in [-0.15, -0.1) is 0 Å². The van der Waals surface area contributed by atoms with Crippen molar-refractivity contribution < 1.29 is 0 Å². The van der Waals surface area contributed by atoms with E-state index >= 15 is 0 Å². The van der Waals surface area contributed by atoms with Crippen molar-refractivity contribution in [3.05, 3.63) is 33.9 Å². The highest BCUT2D eigenvalue weighted by molar-refractivity contribution is 9.10. The summed E-state index contributed by atoms with van der Waals surface area (Å²) in [5, 5.41) is 6.66. The molecule has 1 aromatic heterocycles. The molecule has 0 bridgehead atoms. The van der Waals surface area contributed by atoms with Crippen LogP contribution in [0.5, 0.6) is 0 Å². The molecule has 0 saturated carbocycles. The summed E-state index contributed by atoms with van der Waals surface area (Å²) in [6.07, 6.45) is 5.22. The highest BCUT2D eigenvalue weighted by Crippen LogP contribution is 2.17. The summed E-state index contributed by atoms with van der Waals surface area (Å²) in [6, 6.07) is 2.06. The maximum Gasteiger partial charge on any atom is 0.126 e. The molecule has 3 nitrogen and oxygen atoms in total. The van der Waals surface area contributed by atoms with Gasteiger partial charge in [-0.2, -0.15) is 0 Å². The maximum atomic E-state index is 4.32. The van der Waals surface area contributed by atoms with Crippen LogP contribution in [0.25, 0.3) is 0 Å². The van der Waals surface area contributed by atoms with E-state index in [2.05, 4.69) is 50.6 Å². The molecule has 2 N–H and O–H groups in total. The summed E-state index contributed by atoms with van der Waals surface area (Å²) in [6.45, 7) is 5.04. The first-order valence-corrected chi connectivity index (χ1v) is 6.29. The van der Waals surface area contributed by atoms with Gasteiger partial charge in [-0.25, -0.2) is 4.98 Å². The van der Waals surface area contributed by atoms with Gasteiger partial charge in [0.05, 0.1) is 0 Å². The third kappa shape index (κ3) is 3.06. The molecule has 86 valence electrons. The second kappa shape index (κ2) is 5.46. The smallest absolute Gasteiger partial charge is 0.126 e. The third-order valence-corrected chi connectivity index (χ3v) is 3.53. The summed E-state index contributed by atoms with van der Waals surface area (Å²) >= 11 is 3.45. The van der Waals surface area contributed by atoms with Gasteiger partial charge in [0.15, 0.2) is 0 Å². The van der Waals surface area contributed by atoms with Gasteiger partial charge in [-0.05, 0) is 47.4 Å². The number of anilines is 1. The number of aryl methyl sites for hydroxylation is 1. The van der Waals surface area contributed by atoms with E-state index in [1.807, 2.05) is 6.20 Å². The molecule has 1 aromatic rings. The topological polar surface area (TPSA) is 37.0 Å². The van der Waals surface area contributed by atoms with Crippen LogP contribution in [0.2, 0.25) is 0 Å². The molecule has 0 unspecified atom stereocenters. The van der Waals surface area contributed by atoms with Crippen molar-refractivity contribution in [1.82, 2.24) is 10.3 Å². The van der Waals surface area contributed by atoms with Crippen LogP contribution in [0, 0.1) is 6.92 Å². The van der Waals surface area contributed by atoms with E-state index in [0.717, 1.165) is 36.3 Å². The van der Waals surface area contributed by atoms with Gasteiger partial charge in [0.1, 0.15) is 5.82 Å². The van der Waals surface area contributed by atoms with Crippen LogP contribution in [-0.4, -0.2) is 24.6 Å². The van der Waals surface area contributed by atoms with Crippen molar-refractivity contribution in [1.29, 1.82) is 0 Å². The molecule has 2 rings (SSSR count). The average Bonchev–Trinajstić information content (AvgIpc) is 2.32. The van der Waals surface area contributed by atoms with E-state index in [9.17, 15) is 0 Å². The number of aromatic nitrogens is 1. The van der Waals surface area contributed by atoms with Crippen molar-refractivity contribution in [3.8, 4) is 0 Å². The first-order chi connectivity index (χ1) is 7.75. The Balaban J connectivity index is 1.94. The lowest BCUT2D eigenvalue weighted by Gasteiger charge is -2.15. The zero-order valence-corrected chi connectivity index (χ0v) is 11.0. The van der Waals surface area contributed by atoms with Gasteiger partial charge >= 0.3 is 0 Å². The van der Waals surface area contributed by atoms with Crippen molar-refractivity contribution in [2.75, 3.05) is 25.0 Å². The third-order valence-electron chi connectivity index (χ3n) is 2.70. The molecule has 0 amide bonds. The second-order valence-corrected chi connectivity index (χ2v) is 4.84. The fourth-order valence-corrected chi connectivity index (χ4v) is 1.89. The van der Waals surface area contributed by atoms with Crippen LogP contribution in [-0.2, 0) is 0 Å². The first kappa shape index (κ1) is 11.6. The highest BCUT2D eigenvalue weighted by atomic mass is 79.9. The highest BCUT2D eigenvalue weighted by Gasteiger charge is 2.03. The molecular weight excluding hydrogens is 266 g/mol. The fraction of sp³-hybridized carbons (Fsp3) is 0.417. The normalized spacial score (nSPS) is 15.8. The molecule has 0 aliphatic carbocycles. The van der Waals surface area contributed by atoms with E-state index in [0.29, 0.717) is 0 Å². The minimum Gasteiger partial charge on any atom is -0.366 e. The minimum atomic E-state index is 0.899. The van der Waals surface area contributed by atoms with Gasteiger partial charge in [0.2, 0.25) is 0 Å². The summed E-state index contributed by atoms with van der Waals surface area (Å²) in [7, 11) is 0. The molecule has 16 heavy (non-hydrogen) atoms. The molecule has 1 aliphatic rings. The van der Waals surface area contributed by atoms with Gasteiger partial charge in [0.25, 0.3) is 0 Å². The van der Waals surface area contributed by atoms with Crippen molar-refractivity contribution in [2.45, 2.75) is 13.3 Å². The Kier molecular flexibility index (Phi) is 3.96. The molecule has 0 spiro atoms. The summed E-state index contributed by atoms with van der Waals surface area (Å²) in [5.74, 6) is 0.945. The molecule has 1 aliphatic heterocycles. The molecule has 4 heteroatoms. The Morgan fingerprint density at radius 2 is 2.44 bits per heavy atom. The Morgan fingerprint density at radius 3 is 3.12 bits per heavy atom. The van der Waals surface area contributed by atoms with Gasteiger partial charge in [-0.1, -0.05) is 11.6 Å². The predicted octanol–water partition coefficient (Wildman–Crippen LogP) is 2.48. The van der Waals surface area contributed by atoms with Crippen LogP contribution >= 0.6 is 15.9 Å². The predicted molar refractivity (Wildman–Crippen MR) is 70.7 cm³/mol. The Hall–Kier alpha value is -0.870. The van der Waals surface area contributed by atoms with E-state index in [-0.39, 0.29) is 0 Å². The maximum absolute atomic E-state index is 4.32. The van der Waals surface area contributed by atoms with Gasteiger partial charge < -0.3 is 10.6 Å². The molecule has 0 saturated heterocycles. The van der Waals surface area contributed by atoms with Crippen LogP contribution in [0.4, 0.5) is 5.82 Å².